The molecular weight excluding hydrogens is 442 g/mol. The number of nitrogens with one attached hydrogen (secondary N) is 1. The molecule has 162 valence electrons. The Hall–Kier alpha value is -3.23. The molecule has 2 aliphatic heterocycles. The second kappa shape index (κ2) is 8.72. The number of thioether (sulfide) groups is 1. The van der Waals surface area contributed by atoms with Crippen molar-refractivity contribution in [1.29, 1.82) is 0 Å². The summed E-state index contributed by atoms with van der Waals surface area (Å²) in [7, 11) is 0. The van der Waals surface area contributed by atoms with Gasteiger partial charge >= 0.3 is 0 Å². The molecule has 2 aliphatic rings. The third kappa shape index (κ3) is 3.76. The molecule has 0 atom stereocenters. The zero-order valence-electron chi connectivity index (χ0n) is 17.7. The summed E-state index contributed by atoms with van der Waals surface area (Å²) in [5, 5.41) is 2.92. The van der Waals surface area contributed by atoms with Crippen molar-refractivity contribution in [2.75, 3.05) is 23.3 Å². The van der Waals surface area contributed by atoms with Gasteiger partial charge in [0.2, 0.25) is 5.91 Å². The summed E-state index contributed by atoms with van der Waals surface area (Å²) in [5.41, 5.74) is 4.12. The van der Waals surface area contributed by atoms with Crippen LogP contribution in [-0.2, 0) is 14.4 Å². The number of carbonyl (C=O) groups excluding carboxylic acids is 3. The molecule has 0 spiro atoms. The van der Waals surface area contributed by atoms with Crippen LogP contribution in [-0.4, -0.2) is 40.0 Å². The first-order chi connectivity index (χ1) is 15.3. The monoisotopic (exact) mass is 463 g/mol. The highest BCUT2D eigenvalue weighted by atomic mass is 32.2. The van der Waals surface area contributed by atoms with Crippen molar-refractivity contribution in [2.24, 2.45) is 0 Å². The fourth-order valence-electron chi connectivity index (χ4n) is 3.83. The number of para-hydroxylation sites is 2. The lowest BCUT2D eigenvalue weighted by atomic mass is 10.1. The van der Waals surface area contributed by atoms with Gasteiger partial charge in [0.25, 0.3) is 11.8 Å². The summed E-state index contributed by atoms with van der Waals surface area (Å²) >= 11 is 6.43. The van der Waals surface area contributed by atoms with Gasteiger partial charge in [-0.3, -0.25) is 24.2 Å². The first-order valence-corrected chi connectivity index (χ1v) is 11.2. The van der Waals surface area contributed by atoms with Crippen LogP contribution in [0.25, 0.3) is 5.57 Å². The predicted octanol–water partition coefficient (Wildman–Crippen LogP) is 4.05. The fourth-order valence-corrected chi connectivity index (χ4v) is 5.17. The van der Waals surface area contributed by atoms with Crippen molar-refractivity contribution in [1.82, 2.24) is 4.90 Å². The van der Waals surface area contributed by atoms with Gasteiger partial charge in [0, 0.05) is 17.8 Å². The molecule has 0 bridgehead atoms. The molecular formula is C24H21N3O3S2. The molecule has 3 amide bonds. The van der Waals surface area contributed by atoms with Crippen LogP contribution >= 0.6 is 24.0 Å². The van der Waals surface area contributed by atoms with Gasteiger partial charge in [0.05, 0.1) is 16.2 Å². The van der Waals surface area contributed by atoms with E-state index in [4.69, 9.17) is 12.2 Å². The third-order valence-corrected chi connectivity index (χ3v) is 6.81. The summed E-state index contributed by atoms with van der Waals surface area (Å²) in [6.45, 7) is 7.61. The Bertz CT molecular complexity index is 1200. The van der Waals surface area contributed by atoms with E-state index in [0.29, 0.717) is 15.6 Å². The molecule has 2 aromatic rings. The highest BCUT2D eigenvalue weighted by Gasteiger charge is 2.42. The quantitative estimate of drug-likeness (QED) is 0.412. The molecule has 6 nitrogen and oxygen atoms in total. The summed E-state index contributed by atoms with van der Waals surface area (Å²) in [5.74, 6) is -1.02. The summed E-state index contributed by atoms with van der Waals surface area (Å²) in [4.78, 5) is 42.4. The van der Waals surface area contributed by atoms with Crippen molar-refractivity contribution >= 4 is 63.0 Å². The lowest BCUT2D eigenvalue weighted by molar-refractivity contribution is -0.122. The van der Waals surface area contributed by atoms with Crippen LogP contribution < -0.4 is 10.2 Å². The number of aryl methyl sites for hydroxylation is 2. The Morgan fingerprint density at radius 1 is 1.06 bits per heavy atom. The molecule has 1 fully saturated rings. The molecule has 1 saturated heterocycles. The molecule has 4 rings (SSSR count). The van der Waals surface area contributed by atoms with Crippen LogP contribution in [0.15, 0.2) is 60.0 Å². The van der Waals surface area contributed by atoms with Gasteiger partial charge in [0.1, 0.15) is 10.9 Å². The van der Waals surface area contributed by atoms with Crippen LogP contribution in [0.5, 0.6) is 0 Å². The predicted molar refractivity (Wildman–Crippen MR) is 132 cm³/mol. The van der Waals surface area contributed by atoms with Gasteiger partial charge in [-0.15, -0.1) is 6.58 Å². The van der Waals surface area contributed by atoms with Gasteiger partial charge in [-0.25, -0.2) is 0 Å². The first kappa shape index (κ1) is 22.0. The van der Waals surface area contributed by atoms with Gasteiger partial charge in [-0.2, -0.15) is 0 Å². The zero-order chi connectivity index (χ0) is 23.0. The highest BCUT2D eigenvalue weighted by Crippen LogP contribution is 2.44. The molecule has 0 unspecified atom stereocenters. The van der Waals surface area contributed by atoms with E-state index in [9.17, 15) is 14.4 Å². The Balaban J connectivity index is 1.67. The zero-order valence-corrected chi connectivity index (χ0v) is 19.3. The lowest BCUT2D eigenvalue weighted by Crippen LogP contribution is -2.36. The topological polar surface area (TPSA) is 69.7 Å². The minimum Gasteiger partial charge on any atom is -0.324 e. The van der Waals surface area contributed by atoms with Gasteiger partial charge in [-0.1, -0.05) is 66.5 Å². The molecule has 2 heterocycles. The molecule has 32 heavy (non-hydrogen) atoms. The second-order valence-corrected chi connectivity index (χ2v) is 9.14. The minimum atomic E-state index is -0.387. The minimum absolute atomic E-state index is 0.167. The average Bonchev–Trinajstić information content (AvgIpc) is 3.19. The SMILES string of the molecule is C=CCN1C(=O)/C(=C2/C(=O)N(CC(=O)Nc3c(C)cccc3C)c3ccccc32)SC1=S. The number of benzene rings is 2. The van der Waals surface area contributed by atoms with E-state index < -0.39 is 0 Å². The Labute approximate surface area is 196 Å². The number of amides is 3. The van der Waals surface area contributed by atoms with Crippen molar-refractivity contribution < 1.29 is 14.4 Å². The average molecular weight is 464 g/mol. The normalized spacial score (nSPS) is 17.8. The molecule has 0 aromatic heterocycles. The summed E-state index contributed by atoms with van der Waals surface area (Å²) < 4.78 is 0.383. The van der Waals surface area contributed by atoms with E-state index >= 15 is 0 Å². The second-order valence-electron chi connectivity index (χ2n) is 7.50. The van der Waals surface area contributed by atoms with E-state index in [0.717, 1.165) is 28.6 Å². The molecule has 0 aliphatic carbocycles. The largest absolute Gasteiger partial charge is 0.324 e. The fraction of sp³-hybridized carbons (Fsp3) is 0.167. The Kier molecular flexibility index (Phi) is 5.99. The number of rotatable bonds is 5. The van der Waals surface area contributed by atoms with Crippen molar-refractivity contribution in [3.63, 3.8) is 0 Å². The maximum Gasteiger partial charge on any atom is 0.267 e. The van der Waals surface area contributed by atoms with Gasteiger partial charge in [0.15, 0.2) is 0 Å². The van der Waals surface area contributed by atoms with Crippen LogP contribution in [0.4, 0.5) is 11.4 Å². The van der Waals surface area contributed by atoms with E-state index in [1.54, 1.807) is 30.3 Å². The smallest absolute Gasteiger partial charge is 0.267 e. The number of hydrogen-bond acceptors (Lipinski definition) is 5. The molecule has 0 saturated carbocycles. The highest BCUT2D eigenvalue weighted by molar-refractivity contribution is 8.26. The van der Waals surface area contributed by atoms with E-state index in [2.05, 4.69) is 11.9 Å². The number of carbonyl (C=O) groups is 3. The summed E-state index contributed by atoms with van der Waals surface area (Å²) in [6.07, 6.45) is 1.59. The van der Waals surface area contributed by atoms with Crippen molar-refractivity contribution in [3.05, 3.63) is 76.7 Å². The van der Waals surface area contributed by atoms with Crippen LogP contribution in [0, 0.1) is 13.8 Å². The van der Waals surface area contributed by atoms with Crippen LogP contribution in [0.2, 0.25) is 0 Å². The number of thiocarbonyl (C=S) groups is 1. The molecule has 1 N–H and O–H groups in total. The third-order valence-electron chi connectivity index (χ3n) is 5.36. The van der Waals surface area contributed by atoms with E-state index in [1.807, 2.05) is 32.0 Å². The maximum absolute atomic E-state index is 13.4. The van der Waals surface area contributed by atoms with E-state index in [-0.39, 0.29) is 41.3 Å². The first-order valence-electron chi connectivity index (χ1n) is 9.99. The van der Waals surface area contributed by atoms with Gasteiger partial charge in [-0.05, 0) is 31.0 Å². The number of fused-ring (bicyclic) bond motifs is 1. The Morgan fingerprint density at radius 3 is 2.44 bits per heavy atom. The lowest BCUT2D eigenvalue weighted by Gasteiger charge is -2.18. The number of nitrogens with zero attached hydrogens (tertiary/aromatic N) is 2. The molecule has 0 radical (unpaired) electrons. The van der Waals surface area contributed by atoms with Crippen molar-refractivity contribution in [3.8, 4) is 0 Å². The maximum atomic E-state index is 13.4. The summed E-state index contributed by atoms with van der Waals surface area (Å²) in [6, 6.07) is 12.9. The number of anilines is 2. The number of hydrogen-bond donors (Lipinski definition) is 1. The standard InChI is InChI=1S/C24H21N3O3S2/c1-4-12-26-23(30)21(32-24(26)31)19-16-10-5-6-11-17(16)27(22(19)29)13-18(28)25-20-14(2)8-7-9-15(20)3/h4-11H,1,12-13H2,2-3H3,(H,25,28)/b21-19-. The molecule has 8 heteroatoms. The van der Waals surface area contributed by atoms with Gasteiger partial charge < -0.3 is 5.32 Å². The molecule has 2 aromatic carbocycles. The van der Waals surface area contributed by atoms with E-state index in [1.165, 1.54) is 9.80 Å². The van der Waals surface area contributed by atoms with Crippen LogP contribution in [0.3, 0.4) is 0 Å². The Morgan fingerprint density at radius 2 is 1.75 bits per heavy atom. The van der Waals surface area contributed by atoms with Crippen molar-refractivity contribution in [2.45, 2.75) is 13.8 Å². The van der Waals surface area contributed by atoms with Crippen LogP contribution in [0.1, 0.15) is 16.7 Å².